The van der Waals surface area contributed by atoms with Crippen LogP contribution in [0.1, 0.15) is 17.0 Å². The fraction of sp³-hybridized carbons (Fsp3) is 0.111. The van der Waals surface area contributed by atoms with E-state index >= 15 is 0 Å². The zero-order chi connectivity index (χ0) is 18.4. The predicted molar refractivity (Wildman–Crippen MR) is 99.7 cm³/mol. The Labute approximate surface area is 155 Å². The third kappa shape index (κ3) is 5.45. The second-order valence-corrected chi connectivity index (χ2v) is 6.58. The Kier molecular flexibility index (Phi) is 6.34. The van der Waals surface area contributed by atoms with E-state index in [9.17, 15) is 4.79 Å². The third-order valence-electron chi connectivity index (χ3n) is 3.08. The van der Waals surface area contributed by atoms with Gasteiger partial charge in [-0.1, -0.05) is 23.7 Å². The molecule has 2 aromatic rings. The largest absolute Gasteiger partial charge is 0.365 e. The molecule has 0 aliphatic rings. The minimum Gasteiger partial charge on any atom is -0.365 e. The molecule has 7 heteroatoms. The Balaban J connectivity index is 2.46. The molecule has 1 aromatic carbocycles. The number of benzene rings is 1. The van der Waals surface area contributed by atoms with E-state index in [4.69, 9.17) is 22.6 Å². The molecule has 0 bridgehead atoms. The van der Waals surface area contributed by atoms with Gasteiger partial charge in [-0.05, 0) is 61.5 Å². The van der Waals surface area contributed by atoms with E-state index in [1.165, 1.54) is 17.8 Å². The number of amides is 1. The van der Waals surface area contributed by atoms with E-state index in [2.05, 4.69) is 9.97 Å². The van der Waals surface area contributed by atoms with Crippen molar-refractivity contribution in [3.8, 4) is 6.07 Å². The molecule has 0 saturated carbocycles. The molecule has 0 saturated heterocycles. The summed E-state index contributed by atoms with van der Waals surface area (Å²) in [6.07, 6.45) is 3.04. The van der Waals surface area contributed by atoms with Crippen LogP contribution in [0.25, 0.3) is 4.91 Å². The van der Waals surface area contributed by atoms with E-state index in [1.807, 2.05) is 32.0 Å². The summed E-state index contributed by atoms with van der Waals surface area (Å²) in [7, 11) is 0. The van der Waals surface area contributed by atoms with E-state index in [0.29, 0.717) is 10.2 Å². The fourth-order valence-electron chi connectivity index (χ4n) is 1.97. The molecule has 1 heterocycles. The van der Waals surface area contributed by atoms with Crippen LogP contribution < -0.4 is 5.73 Å². The maximum atomic E-state index is 11.2. The van der Waals surface area contributed by atoms with Gasteiger partial charge in [0.05, 0.1) is 0 Å². The van der Waals surface area contributed by atoms with Gasteiger partial charge in [-0.15, -0.1) is 0 Å². The Hall–Kier alpha value is -2.62. The number of hydrogen-bond acceptors (Lipinski definition) is 5. The third-order valence-corrected chi connectivity index (χ3v) is 4.29. The number of rotatable bonds is 5. The molecule has 0 aliphatic heterocycles. The predicted octanol–water partition coefficient (Wildman–Crippen LogP) is 3.82. The number of carbonyl (C=O) groups excluding carboxylic acids is 1. The highest BCUT2D eigenvalue weighted by molar-refractivity contribution is 8.08. The van der Waals surface area contributed by atoms with Crippen LogP contribution in [0.4, 0.5) is 0 Å². The summed E-state index contributed by atoms with van der Waals surface area (Å²) in [5, 5.41) is 10.2. The quantitative estimate of drug-likeness (QED) is 0.284. The lowest BCUT2D eigenvalue weighted by Crippen LogP contribution is -2.12. The molecule has 25 heavy (non-hydrogen) atoms. The average molecular weight is 371 g/mol. The number of nitrogens with zero attached hydrogens (tertiary/aromatic N) is 3. The Morgan fingerprint density at radius 1 is 1.20 bits per heavy atom. The van der Waals surface area contributed by atoms with Gasteiger partial charge in [-0.2, -0.15) is 5.26 Å². The summed E-state index contributed by atoms with van der Waals surface area (Å²) < 4.78 is 0. The second-order valence-electron chi connectivity index (χ2n) is 5.13. The van der Waals surface area contributed by atoms with Crippen molar-refractivity contribution < 1.29 is 4.79 Å². The SMILES string of the molecule is Cc1cc(C)nc(S/C(=C/C=C(/C#N)C(N)=O)c2ccc(Cl)cc2)n1. The first kappa shape index (κ1) is 18.7. The zero-order valence-corrected chi connectivity index (χ0v) is 15.2. The first-order chi connectivity index (χ1) is 11.9. The monoisotopic (exact) mass is 370 g/mol. The zero-order valence-electron chi connectivity index (χ0n) is 13.7. The number of carbonyl (C=O) groups is 1. The van der Waals surface area contributed by atoms with Crippen molar-refractivity contribution in [1.29, 1.82) is 5.26 Å². The van der Waals surface area contributed by atoms with Gasteiger partial charge in [0.1, 0.15) is 11.6 Å². The Morgan fingerprint density at radius 2 is 1.80 bits per heavy atom. The maximum absolute atomic E-state index is 11.2. The number of nitrogens with two attached hydrogens (primary N) is 1. The number of nitriles is 1. The summed E-state index contributed by atoms with van der Waals surface area (Å²) in [5.41, 5.74) is 7.62. The second kappa shape index (κ2) is 8.47. The van der Waals surface area contributed by atoms with E-state index in [-0.39, 0.29) is 5.57 Å². The smallest absolute Gasteiger partial charge is 0.259 e. The minimum atomic E-state index is -0.776. The lowest BCUT2D eigenvalue weighted by atomic mass is 10.2. The summed E-state index contributed by atoms with van der Waals surface area (Å²) in [4.78, 5) is 20.8. The summed E-state index contributed by atoms with van der Waals surface area (Å²) in [6, 6.07) is 10.9. The highest BCUT2D eigenvalue weighted by Crippen LogP contribution is 2.33. The van der Waals surface area contributed by atoms with Gasteiger partial charge in [0.15, 0.2) is 5.16 Å². The molecular formula is C18H15ClN4OS. The number of allylic oxidation sites excluding steroid dienone is 2. The van der Waals surface area contributed by atoms with Gasteiger partial charge in [-0.25, -0.2) is 9.97 Å². The Bertz CT molecular complexity index is 878. The number of thioether (sulfide) groups is 1. The van der Waals surface area contributed by atoms with Crippen LogP contribution in [0, 0.1) is 25.2 Å². The average Bonchev–Trinajstić information content (AvgIpc) is 2.54. The van der Waals surface area contributed by atoms with Crippen LogP contribution >= 0.6 is 23.4 Å². The fourth-order valence-corrected chi connectivity index (χ4v) is 3.07. The van der Waals surface area contributed by atoms with Gasteiger partial charge < -0.3 is 5.73 Å². The number of primary amides is 1. The molecule has 0 unspecified atom stereocenters. The van der Waals surface area contributed by atoms with Crippen molar-refractivity contribution in [3.63, 3.8) is 0 Å². The molecule has 1 aromatic heterocycles. The standard InChI is InChI=1S/C18H15ClN4OS/c1-11-9-12(2)23-18(22-11)25-16(8-5-14(10-20)17(21)24)13-3-6-15(19)7-4-13/h3-9H,1-2H3,(H2,21,24)/b14-5-,16-8+. The van der Waals surface area contributed by atoms with Gasteiger partial charge in [0, 0.05) is 21.3 Å². The van der Waals surface area contributed by atoms with Crippen LogP contribution in [0.3, 0.4) is 0 Å². The van der Waals surface area contributed by atoms with Crippen molar-refractivity contribution in [2.45, 2.75) is 19.0 Å². The van der Waals surface area contributed by atoms with E-state index in [0.717, 1.165) is 21.9 Å². The summed E-state index contributed by atoms with van der Waals surface area (Å²) in [5.74, 6) is -0.776. The van der Waals surface area contributed by atoms with Gasteiger partial charge >= 0.3 is 0 Å². The molecule has 2 N–H and O–H groups in total. The molecule has 5 nitrogen and oxygen atoms in total. The molecule has 0 radical (unpaired) electrons. The van der Waals surface area contributed by atoms with Gasteiger partial charge in [0.25, 0.3) is 5.91 Å². The van der Waals surface area contributed by atoms with Crippen molar-refractivity contribution in [2.24, 2.45) is 5.73 Å². The molecular weight excluding hydrogens is 356 g/mol. The molecule has 0 aliphatic carbocycles. The normalized spacial score (nSPS) is 11.9. The first-order valence-corrected chi connectivity index (χ1v) is 8.46. The highest BCUT2D eigenvalue weighted by Gasteiger charge is 2.09. The highest BCUT2D eigenvalue weighted by atomic mass is 35.5. The minimum absolute atomic E-state index is 0.131. The summed E-state index contributed by atoms with van der Waals surface area (Å²) in [6.45, 7) is 3.79. The van der Waals surface area contributed by atoms with Crippen molar-refractivity contribution in [3.05, 3.63) is 70.0 Å². The lowest BCUT2D eigenvalue weighted by Gasteiger charge is -2.08. The topological polar surface area (TPSA) is 92.7 Å². The molecule has 1 amide bonds. The van der Waals surface area contributed by atoms with Gasteiger partial charge in [-0.3, -0.25) is 4.79 Å². The maximum Gasteiger partial charge on any atom is 0.259 e. The lowest BCUT2D eigenvalue weighted by molar-refractivity contribution is -0.114. The van der Waals surface area contributed by atoms with E-state index < -0.39 is 5.91 Å². The van der Waals surface area contributed by atoms with Crippen molar-refractivity contribution in [1.82, 2.24) is 9.97 Å². The summed E-state index contributed by atoms with van der Waals surface area (Å²) >= 11 is 7.27. The molecule has 0 fully saturated rings. The number of aryl methyl sites for hydroxylation is 2. The molecule has 0 spiro atoms. The van der Waals surface area contributed by atoms with Crippen LogP contribution in [0.15, 0.2) is 53.2 Å². The Morgan fingerprint density at radius 3 is 2.32 bits per heavy atom. The first-order valence-electron chi connectivity index (χ1n) is 7.27. The number of halogens is 1. The number of aromatic nitrogens is 2. The molecule has 126 valence electrons. The number of hydrogen-bond donors (Lipinski definition) is 1. The van der Waals surface area contributed by atoms with Crippen molar-refractivity contribution in [2.75, 3.05) is 0 Å². The van der Waals surface area contributed by atoms with Crippen LogP contribution in [0.2, 0.25) is 5.02 Å². The van der Waals surface area contributed by atoms with Crippen molar-refractivity contribution >= 4 is 34.2 Å². The van der Waals surface area contributed by atoms with E-state index in [1.54, 1.807) is 24.3 Å². The van der Waals surface area contributed by atoms with Gasteiger partial charge in [0.2, 0.25) is 0 Å². The van der Waals surface area contributed by atoms with Crippen LogP contribution in [-0.4, -0.2) is 15.9 Å². The van der Waals surface area contributed by atoms with Crippen LogP contribution in [-0.2, 0) is 4.79 Å². The molecule has 0 atom stereocenters. The molecule has 2 rings (SSSR count). The van der Waals surface area contributed by atoms with Crippen LogP contribution in [0.5, 0.6) is 0 Å².